The zero-order valence-electron chi connectivity index (χ0n) is 12.2. The van der Waals surface area contributed by atoms with Crippen molar-refractivity contribution in [1.29, 1.82) is 0 Å². The van der Waals surface area contributed by atoms with Crippen LogP contribution in [0.15, 0.2) is 46.9 Å². The van der Waals surface area contributed by atoms with E-state index in [1.807, 2.05) is 0 Å². The summed E-state index contributed by atoms with van der Waals surface area (Å²) in [6.45, 7) is 0. The molecule has 0 unspecified atom stereocenters. The molecule has 0 aliphatic carbocycles. The summed E-state index contributed by atoms with van der Waals surface area (Å²) in [5, 5.41) is 0.508. The zero-order chi connectivity index (χ0) is 18.4. The van der Waals surface area contributed by atoms with Gasteiger partial charge in [-0.2, -0.15) is 26.3 Å². The Bertz CT molecular complexity index is 918. The van der Waals surface area contributed by atoms with Crippen LogP contribution in [-0.4, -0.2) is 6.29 Å². The fourth-order valence-corrected chi connectivity index (χ4v) is 2.41. The fourth-order valence-electron chi connectivity index (χ4n) is 2.41. The van der Waals surface area contributed by atoms with Crippen molar-refractivity contribution in [3.8, 4) is 11.1 Å². The van der Waals surface area contributed by atoms with Gasteiger partial charge in [-0.3, -0.25) is 4.79 Å². The monoisotopic (exact) mass is 358 g/mol. The lowest BCUT2D eigenvalue weighted by atomic mass is 9.98. The van der Waals surface area contributed by atoms with Gasteiger partial charge in [-0.15, -0.1) is 0 Å². The first-order valence-electron chi connectivity index (χ1n) is 6.86. The molecule has 2 nitrogen and oxygen atoms in total. The minimum absolute atomic E-state index is 0.00664. The summed E-state index contributed by atoms with van der Waals surface area (Å²) in [5.41, 5.74) is -2.76. The van der Waals surface area contributed by atoms with Crippen LogP contribution in [0.2, 0.25) is 0 Å². The molecule has 0 saturated carbocycles. The van der Waals surface area contributed by atoms with Crippen molar-refractivity contribution in [2.75, 3.05) is 0 Å². The molecule has 0 fully saturated rings. The van der Waals surface area contributed by atoms with E-state index >= 15 is 0 Å². The Morgan fingerprint density at radius 3 is 1.88 bits per heavy atom. The fraction of sp³-hybridized carbons (Fsp3) is 0.118. The van der Waals surface area contributed by atoms with E-state index in [4.69, 9.17) is 4.42 Å². The second-order valence-electron chi connectivity index (χ2n) is 5.31. The lowest BCUT2D eigenvalue weighted by molar-refractivity contribution is -0.143. The Morgan fingerprint density at radius 2 is 1.36 bits per heavy atom. The summed E-state index contributed by atoms with van der Waals surface area (Å²) >= 11 is 0. The highest BCUT2D eigenvalue weighted by molar-refractivity contribution is 5.88. The van der Waals surface area contributed by atoms with Gasteiger partial charge in [0.25, 0.3) is 0 Å². The molecule has 0 N–H and O–H groups in total. The van der Waals surface area contributed by atoms with E-state index in [1.54, 1.807) is 0 Å². The second kappa shape index (κ2) is 5.65. The van der Waals surface area contributed by atoms with Gasteiger partial charge in [0.2, 0.25) is 0 Å². The van der Waals surface area contributed by atoms with E-state index in [1.165, 1.54) is 24.3 Å². The van der Waals surface area contributed by atoms with Crippen LogP contribution < -0.4 is 0 Å². The zero-order valence-corrected chi connectivity index (χ0v) is 12.2. The molecule has 0 aliphatic heterocycles. The maximum Gasteiger partial charge on any atom is 0.416 e. The van der Waals surface area contributed by atoms with Crippen molar-refractivity contribution in [3.63, 3.8) is 0 Å². The van der Waals surface area contributed by atoms with Crippen molar-refractivity contribution in [3.05, 3.63) is 59.4 Å². The number of aldehydes is 1. The van der Waals surface area contributed by atoms with Gasteiger partial charge in [0.1, 0.15) is 5.58 Å². The van der Waals surface area contributed by atoms with E-state index in [-0.39, 0.29) is 28.5 Å². The molecule has 3 aromatic rings. The number of carbonyl (C=O) groups is 1. The van der Waals surface area contributed by atoms with Gasteiger partial charge in [-0.1, -0.05) is 12.1 Å². The number of rotatable bonds is 2. The van der Waals surface area contributed by atoms with E-state index in [0.29, 0.717) is 23.8 Å². The molecule has 130 valence electrons. The predicted octanol–water partition coefficient (Wildman–Crippen LogP) is 5.95. The van der Waals surface area contributed by atoms with Crippen LogP contribution in [0.3, 0.4) is 0 Å². The molecule has 8 heteroatoms. The van der Waals surface area contributed by atoms with Crippen LogP contribution in [0.25, 0.3) is 22.1 Å². The van der Waals surface area contributed by atoms with Crippen LogP contribution >= 0.6 is 0 Å². The number of furan rings is 1. The molecule has 1 aromatic heterocycles. The average Bonchev–Trinajstić information content (AvgIpc) is 2.95. The third-order valence-electron chi connectivity index (χ3n) is 3.58. The number of carbonyl (C=O) groups excluding carboxylic acids is 1. The van der Waals surface area contributed by atoms with Crippen molar-refractivity contribution in [2.45, 2.75) is 12.4 Å². The highest BCUT2D eigenvalue weighted by Gasteiger charge is 2.37. The summed E-state index contributed by atoms with van der Waals surface area (Å²) in [6, 6.07) is 6.87. The van der Waals surface area contributed by atoms with Gasteiger partial charge in [0.05, 0.1) is 11.1 Å². The number of halogens is 6. The highest BCUT2D eigenvalue weighted by Crippen LogP contribution is 2.39. The molecule has 3 rings (SSSR count). The van der Waals surface area contributed by atoms with E-state index in [2.05, 4.69) is 0 Å². The molecule has 0 saturated heterocycles. The minimum Gasteiger partial charge on any atom is -0.453 e. The maximum absolute atomic E-state index is 12.9. The minimum atomic E-state index is -4.92. The Labute approximate surface area is 136 Å². The highest BCUT2D eigenvalue weighted by atomic mass is 19.4. The first-order chi connectivity index (χ1) is 11.6. The molecular weight excluding hydrogens is 350 g/mol. The molecule has 0 amide bonds. The summed E-state index contributed by atoms with van der Waals surface area (Å²) in [5.74, 6) is 0.00664. The van der Waals surface area contributed by atoms with Crippen molar-refractivity contribution in [1.82, 2.24) is 0 Å². The topological polar surface area (TPSA) is 30.2 Å². The van der Waals surface area contributed by atoms with Gasteiger partial charge in [0, 0.05) is 5.39 Å². The molecule has 0 bridgehead atoms. The molecule has 0 spiro atoms. The third-order valence-corrected chi connectivity index (χ3v) is 3.58. The van der Waals surface area contributed by atoms with Gasteiger partial charge in [-0.25, -0.2) is 0 Å². The number of benzene rings is 2. The van der Waals surface area contributed by atoms with Crippen LogP contribution in [-0.2, 0) is 12.4 Å². The second-order valence-corrected chi connectivity index (χ2v) is 5.31. The van der Waals surface area contributed by atoms with Gasteiger partial charge in [-0.05, 0) is 41.5 Å². The van der Waals surface area contributed by atoms with E-state index in [9.17, 15) is 31.1 Å². The SMILES string of the molecule is O=Cc1cc2ccc(-c3cc(C(F)(F)F)cc(C(F)(F)F)c3)cc2o1. The predicted molar refractivity (Wildman–Crippen MR) is 77.0 cm³/mol. The van der Waals surface area contributed by atoms with Crippen LogP contribution in [0.1, 0.15) is 21.7 Å². The molecule has 0 aliphatic rings. The Balaban J connectivity index is 2.20. The standard InChI is InChI=1S/C17H8F6O2/c18-16(19,20)12-3-11(4-13(7-12)17(21,22)23)9-1-2-10-5-14(8-24)25-15(10)6-9/h1-8H. The van der Waals surface area contributed by atoms with Crippen LogP contribution in [0.5, 0.6) is 0 Å². The van der Waals surface area contributed by atoms with Gasteiger partial charge in [0.15, 0.2) is 12.0 Å². The molecule has 25 heavy (non-hydrogen) atoms. The van der Waals surface area contributed by atoms with Crippen molar-refractivity contribution < 1.29 is 35.6 Å². The molecule has 0 radical (unpaired) electrons. The number of alkyl halides is 6. The first kappa shape index (κ1) is 17.1. The Kier molecular flexibility index (Phi) is 3.85. The molecule has 0 atom stereocenters. The molecule has 2 aromatic carbocycles. The Hall–Kier alpha value is -2.77. The van der Waals surface area contributed by atoms with Crippen LogP contribution in [0.4, 0.5) is 26.3 Å². The lowest BCUT2D eigenvalue weighted by Gasteiger charge is -2.14. The normalized spacial score (nSPS) is 12.6. The Morgan fingerprint density at radius 1 is 0.760 bits per heavy atom. The first-order valence-corrected chi connectivity index (χ1v) is 6.86. The van der Waals surface area contributed by atoms with Gasteiger partial charge < -0.3 is 4.42 Å². The summed E-state index contributed by atoms with van der Waals surface area (Å²) in [4.78, 5) is 10.7. The van der Waals surface area contributed by atoms with Crippen molar-refractivity contribution >= 4 is 17.3 Å². The maximum atomic E-state index is 12.9. The number of hydrogen-bond donors (Lipinski definition) is 0. The largest absolute Gasteiger partial charge is 0.453 e. The summed E-state index contributed by atoms with van der Waals surface area (Å²) in [6.07, 6.45) is -9.39. The van der Waals surface area contributed by atoms with Crippen molar-refractivity contribution in [2.24, 2.45) is 0 Å². The molecular formula is C17H8F6O2. The van der Waals surface area contributed by atoms with E-state index < -0.39 is 23.5 Å². The summed E-state index contributed by atoms with van der Waals surface area (Å²) in [7, 11) is 0. The summed E-state index contributed by atoms with van der Waals surface area (Å²) < 4.78 is 82.7. The van der Waals surface area contributed by atoms with Gasteiger partial charge >= 0.3 is 12.4 Å². The quantitative estimate of drug-likeness (QED) is 0.419. The van der Waals surface area contributed by atoms with E-state index in [0.717, 1.165) is 0 Å². The third kappa shape index (κ3) is 3.38. The smallest absolute Gasteiger partial charge is 0.416 e. The average molecular weight is 358 g/mol. The number of fused-ring (bicyclic) bond motifs is 1. The lowest BCUT2D eigenvalue weighted by Crippen LogP contribution is -2.11. The van der Waals surface area contributed by atoms with Crippen LogP contribution in [0, 0.1) is 0 Å². The molecule has 1 heterocycles. The number of hydrogen-bond acceptors (Lipinski definition) is 2.